The Morgan fingerprint density at radius 3 is 2.44 bits per heavy atom. The van der Waals surface area contributed by atoms with Crippen molar-refractivity contribution in [3.63, 3.8) is 0 Å². The van der Waals surface area contributed by atoms with Crippen LogP contribution in [0.15, 0.2) is 18.2 Å². The molecule has 0 fully saturated rings. The molecule has 1 aromatic carbocycles. The highest BCUT2D eigenvalue weighted by Gasteiger charge is 2.34. The van der Waals surface area contributed by atoms with Gasteiger partial charge in [-0.15, -0.1) is 0 Å². The number of aliphatic hydroxyl groups excluding tert-OH is 1. The van der Waals surface area contributed by atoms with Gasteiger partial charge in [0.1, 0.15) is 11.9 Å². The summed E-state index contributed by atoms with van der Waals surface area (Å²) in [5.41, 5.74) is -1.04. The Morgan fingerprint density at radius 2 is 1.94 bits per heavy atom. The van der Waals surface area contributed by atoms with Crippen LogP contribution in [0.2, 0.25) is 5.02 Å². The maximum Gasteiger partial charge on any atom is 0.123 e. The minimum atomic E-state index is -1.27. The molecule has 1 atom stereocenters. The highest BCUT2D eigenvalue weighted by Crippen LogP contribution is 2.35. The van der Waals surface area contributed by atoms with Crippen molar-refractivity contribution >= 4 is 11.6 Å². The lowest BCUT2D eigenvalue weighted by Crippen LogP contribution is -2.35. The number of benzene rings is 1. The van der Waals surface area contributed by atoms with Gasteiger partial charge in [0.15, 0.2) is 0 Å². The number of hydrogen-bond acceptors (Lipinski definition) is 2. The quantitative estimate of drug-likeness (QED) is 0.857. The largest absolute Gasteiger partial charge is 0.387 e. The summed E-state index contributed by atoms with van der Waals surface area (Å²) < 4.78 is 13.1. The Balaban J connectivity index is 3.12. The SMILES string of the molecule is CCC(O)(CC)C(O)c1cc(F)ccc1Cl. The second-order valence-electron chi connectivity index (χ2n) is 3.88. The van der Waals surface area contributed by atoms with Crippen LogP contribution in [0.5, 0.6) is 0 Å². The normalized spacial score (nSPS) is 13.9. The van der Waals surface area contributed by atoms with Crippen molar-refractivity contribution in [3.8, 4) is 0 Å². The Hall–Kier alpha value is -0.640. The van der Waals surface area contributed by atoms with E-state index >= 15 is 0 Å². The van der Waals surface area contributed by atoms with Crippen molar-refractivity contribution in [2.24, 2.45) is 0 Å². The van der Waals surface area contributed by atoms with E-state index in [0.717, 1.165) is 6.07 Å². The van der Waals surface area contributed by atoms with Gasteiger partial charge >= 0.3 is 0 Å². The van der Waals surface area contributed by atoms with Crippen LogP contribution in [0.1, 0.15) is 38.4 Å². The molecule has 0 radical (unpaired) electrons. The van der Waals surface area contributed by atoms with E-state index in [-0.39, 0.29) is 10.6 Å². The van der Waals surface area contributed by atoms with Gasteiger partial charge in [0.2, 0.25) is 0 Å². The van der Waals surface area contributed by atoms with Crippen LogP contribution in [0.4, 0.5) is 4.39 Å². The lowest BCUT2D eigenvalue weighted by atomic mass is 9.86. The first-order chi connectivity index (χ1) is 7.44. The third-order valence-electron chi connectivity index (χ3n) is 2.99. The molecule has 0 aromatic heterocycles. The zero-order chi connectivity index (χ0) is 12.3. The third-order valence-corrected chi connectivity index (χ3v) is 3.33. The standard InChI is InChI=1S/C12H16ClFO2/c1-3-12(16,4-2)11(15)9-7-8(14)5-6-10(9)13/h5-7,11,15-16H,3-4H2,1-2H3. The van der Waals surface area contributed by atoms with Crippen molar-refractivity contribution in [3.05, 3.63) is 34.6 Å². The summed E-state index contributed by atoms with van der Waals surface area (Å²) in [5, 5.41) is 20.4. The van der Waals surface area contributed by atoms with Crippen LogP contribution >= 0.6 is 11.6 Å². The van der Waals surface area contributed by atoms with E-state index in [1.54, 1.807) is 13.8 Å². The predicted octanol–water partition coefficient (Wildman–Crippen LogP) is 3.06. The lowest BCUT2D eigenvalue weighted by Gasteiger charge is -2.31. The van der Waals surface area contributed by atoms with Gasteiger partial charge in [-0.05, 0) is 31.0 Å². The van der Waals surface area contributed by atoms with Crippen LogP contribution in [0.25, 0.3) is 0 Å². The van der Waals surface area contributed by atoms with Gasteiger partial charge in [-0.2, -0.15) is 0 Å². The Kier molecular flexibility index (Phi) is 4.30. The number of aliphatic hydroxyl groups is 2. The molecular weight excluding hydrogens is 231 g/mol. The molecule has 2 N–H and O–H groups in total. The molecule has 0 aliphatic carbocycles. The van der Waals surface area contributed by atoms with E-state index in [1.807, 2.05) is 0 Å². The van der Waals surface area contributed by atoms with Gasteiger partial charge in [0, 0.05) is 10.6 Å². The summed E-state index contributed by atoms with van der Waals surface area (Å²) in [7, 11) is 0. The highest BCUT2D eigenvalue weighted by atomic mass is 35.5. The molecule has 2 nitrogen and oxygen atoms in total. The zero-order valence-electron chi connectivity index (χ0n) is 9.37. The van der Waals surface area contributed by atoms with Gasteiger partial charge in [-0.3, -0.25) is 0 Å². The number of rotatable bonds is 4. The number of halogens is 2. The second kappa shape index (κ2) is 5.13. The first kappa shape index (κ1) is 13.4. The van der Waals surface area contributed by atoms with Gasteiger partial charge in [0.25, 0.3) is 0 Å². The van der Waals surface area contributed by atoms with E-state index in [0.29, 0.717) is 12.8 Å². The highest BCUT2D eigenvalue weighted by molar-refractivity contribution is 6.31. The Labute approximate surface area is 99.7 Å². The minimum absolute atomic E-state index is 0.230. The predicted molar refractivity (Wildman–Crippen MR) is 61.9 cm³/mol. The summed E-state index contributed by atoms with van der Waals surface area (Å²) in [5.74, 6) is -0.479. The van der Waals surface area contributed by atoms with Crippen molar-refractivity contribution in [2.75, 3.05) is 0 Å². The van der Waals surface area contributed by atoms with Crippen molar-refractivity contribution in [2.45, 2.75) is 38.4 Å². The van der Waals surface area contributed by atoms with E-state index in [2.05, 4.69) is 0 Å². The van der Waals surface area contributed by atoms with Crippen LogP contribution in [-0.2, 0) is 0 Å². The van der Waals surface area contributed by atoms with Crippen LogP contribution in [-0.4, -0.2) is 15.8 Å². The van der Waals surface area contributed by atoms with Gasteiger partial charge in [-0.1, -0.05) is 25.4 Å². The maximum atomic E-state index is 13.1. The molecule has 0 aliphatic heterocycles. The molecule has 1 unspecified atom stereocenters. The molecule has 0 aliphatic rings. The lowest BCUT2D eigenvalue weighted by molar-refractivity contribution is -0.0821. The fraction of sp³-hybridized carbons (Fsp3) is 0.500. The van der Waals surface area contributed by atoms with Gasteiger partial charge < -0.3 is 10.2 Å². The molecular formula is C12H16ClFO2. The molecule has 4 heteroatoms. The molecule has 0 heterocycles. The topological polar surface area (TPSA) is 40.5 Å². The fourth-order valence-corrected chi connectivity index (χ4v) is 1.87. The first-order valence-corrected chi connectivity index (χ1v) is 5.67. The Morgan fingerprint density at radius 1 is 1.38 bits per heavy atom. The van der Waals surface area contributed by atoms with Crippen molar-refractivity contribution in [1.29, 1.82) is 0 Å². The molecule has 0 amide bonds. The summed E-state index contributed by atoms with van der Waals surface area (Å²) in [6, 6.07) is 3.75. The third kappa shape index (κ3) is 2.54. The molecule has 0 spiro atoms. The smallest absolute Gasteiger partial charge is 0.123 e. The van der Waals surface area contributed by atoms with Crippen LogP contribution in [0.3, 0.4) is 0 Å². The molecule has 1 rings (SSSR count). The number of hydrogen-bond donors (Lipinski definition) is 2. The molecule has 0 saturated carbocycles. The average molecular weight is 247 g/mol. The summed E-state index contributed by atoms with van der Waals surface area (Å²) in [6.07, 6.45) is -0.430. The molecule has 16 heavy (non-hydrogen) atoms. The average Bonchev–Trinajstić information content (AvgIpc) is 2.30. The monoisotopic (exact) mass is 246 g/mol. The van der Waals surface area contributed by atoms with E-state index < -0.39 is 17.5 Å². The van der Waals surface area contributed by atoms with Crippen LogP contribution in [0, 0.1) is 5.82 Å². The van der Waals surface area contributed by atoms with Gasteiger partial charge in [0.05, 0.1) is 5.60 Å². The summed E-state index contributed by atoms with van der Waals surface area (Å²) >= 11 is 5.87. The Bertz CT molecular complexity index is 364. The molecule has 0 bridgehead atoms. The first-order valence-electron chi connectivity index (χ1n) is 5.30. The fourth-order valence-electron chi connectivity index (χ4n) is 1.65. The maximum absolute atomic E-state index is 13.1. The second-order valence-corrected chi connectivity index (χ2v) is 4.29. The summed E-state index contributed by atoms with van der Waals surface area (Å²) in [4.78, 5) is 0. The van der Waals surface area contributed by atoms with E-state index in [1.165, 1.54) is 12.1 Å². The van der Waals surface area contributed by atoms with Crippen LogP contribution < -0.4 is 0 Å². The summed E-state index contributed by atoms with van der Waals surface area (Å²) in [6.45, 7) is 3.53. The van der Waals surface area contributed by atoms with Gasteiger partial charge in [-0.25, -0.2) is 4.39 Å². The van der Waals surface area contributed by atoms with E-state index in [4.69, 9.17) is 11.6 Å². The van der Waals surface area contributed by atoms with E-state index in [9.17, 15) is 14.6 Å². The van der Waals surface area contributed by atoms with Crippen molar-refractivity contribution in [1.82, 2.24) is 0 Å². The minimum Gasteiger partial charge on any atom is -0.387 e. The molecule has 0 saturated heterocycles. The molecule has 90 valence electrons. The zero-order valence-corrected chi connectivity index (χ0v) is 10.1. The van der Waals surface area contributed by atoms with Crippen molar-refractivity contribution < 1.29 is 14.6 Å². The molecule has 1 aromatic rings.